The predicted molar refractivity (Wildman–Crippen MR) is 271 cm³/mol. The van der Waals surface area contributed by atoms with Crippen molar-refractivity contribution in [3.8, 4) is 44.5 Å². The summed E-state index contributed by atoms with van der Waals surface area (Å²) in [6.07, 6.45) is 8.77. The molecular formula is C62H43N. The lowest BCUT2D eigenvalue weighted by molar-refractivity contribution is 0.918. The molecular weight excluding hydrogens is 759 g/mol. The van der Waals surface area contributed by atoms with Crippen LogP contribution in [0.5, 0.6) is 0 Å². The van der Waals surface area contributed by atoms with Gasteiger partial charge < -0.3 is 4.90 Å². The summed E-state index contributed by atoms with van der Waals surface area (Å²) in [5.41, 5.74) is 13.5. The Kier molecular flexibility index (Phi) is 9.04. The van der Waals surface area contributed by atoms with Crippen molar-refractivity contribution >= 4 is 65.2 Å². The van der Waals surface area contributed by atoms with Gasteiger partial charge in [-0.2, -0.15) is 0 Å². The Morgan fingerprint density at radius 3 is 1.57 bits per heavy atom. The number of nitrogens with zero attached hydrogens (tertiary/aromatic N) is 1. The summed E-state index contributed by atoms with van der Waals surface area (Å²) >= 11 is 0. The fourth-order valence-corrected chi connectivity index (χ4v) is 10.1. The van der Waals surface area contributed by atoms with E-state index in [-0.39, 0.29) is 0 Å². The van der Waals surface area contributed by atoms with Gasteiger partial charge in [-0.05, 0) is 160 Å². The zero-order chi connectivity index (χ0) is 41.7. The van der Waals surface area contributed by atoms with Crippen molar-refractivity contribution in [1.29, 1.82) is 0 Å². The minimum Gasteiger partial charge on any atom is -0.314 e. The molecule has 1 heteroatoms. The van der Waals surface area contributed by atoms with Crippen LogP contribution in [0, 0.1) is 0 Å². The maximum atomic E-state index is 2.44. The average molecular weight is 802 g/mol. The molecule has 0 saturated carbocycles. The van der Waals surface area contributed by atoms with Crippen LogP contribution in [0.2, 0.25) is 0 Å². The Labute approximate surface area is 368 Å². The van der Waals surface area contributed by atoms with Crippen LogP contribution < -0.4 is 4.90 Å². The van der Waals surface area contributed by atoms with E-state index in [1.165, 1.54) is 115 Å². The summed E-state index contributed by atoms with van der Waals surface area (Å²) in [6, 6.07) is 80.7. The highest BCUT2D eigenvalue weighted by molar-refractivity contribution is 6.33. The Hall–Kier alpha value is -8.00. The van der Waals surface area contributed by atoms with E-state index in [0.29, 0.717) is 0 Å². The quantitative estimate of drug-likeness (QED) is 0.145. The van der Waals surface area contributed by atoms with Crippen LogP contribution in [-0.4, -0.2) is 0 Å². The number of rotatable bonds is 7. The van der Waals surface area contributed by atoms with Gasteiger partial charge in [0.05, 0.1) is 0 Å². The largest absolute Gasteiger partial charge is 0.314 e. The standard InChI is InChI=1S/C62H43N/c1-6-18-42(19-7-1)57-41-58(43-20-8-2-9-21-43)61-55-29-17-16-28-54(55)59-40-46(33-36-56(59)62(61)60(57)44-22-10-3-11-23-44)45-32-35-52-47(38-45)30-31-48-39-51(34-37-53(48)52)63(49-24-12-4-13-25-49)50-26-14-5-15-27-50/h1-14,16-26,28-41H,15,27H2. The molecule has 11 aromatic carbocycles. The first-order valence-corrected chi connectivity index (χ1v) is 22.1. The molecule has 12 rings (SSSR count). The molecule has 0 amide bonds. The monoisotopic (exact) mass is 801 g/mol. The van der Waals surface area contributed by atoms with E-state index in [4.69, 9.17) is 0 Å². The smallest absolute Gasteiger partial charge is 0.0464 e. The molecule has 0 aliphatic heterocycles. The summed E-state index contributed by atoms with van der Waals surface area (Å²) in [5.74, 6) is 0. The van der Waals surface area contributed by atoms with Gasteiger partial charge in [0.2, 0.25) is 0 Å². The summed E-state index contributed by atoms with van der Waals surface area (Å²) < 4.78 is 0. The van der Waals surface area contributed by atoms with Crippen LogP contribution in [0.3, 0.4) is 0 Å². The third kappa shape index (κ3) is 6.40. The van der Waals surface area contributed by atoms with Gasteiger partial charge in [0.25, 0.3) is 0 Å². The van der Waals surface area contributed by atoms with Crippen molar-refractivity contribution in [3.63, 3.8) is 0 Å². The highest BCUT2D eigenvalue weighted by atomic mass is 15.1. The number of benzene rings is 11. The van der Waals surface area contributed by atoms with Gasteiger partial charge in [-0.15, -0.1) is 0 Å². The van der Waals surface area contributed by atoms with E-state index in [0.717, 1.165) is 12.8 Å². The predicted octanol–water partition coefficient (Wildman–Crippen LogP) is 17.5. The maximum absolute atomic E-state index is 2.44. The Morgan fingerprint density at radius 1 is 0.333 bits per heavy atom. The fourth-order valence-electron chi connectivity index (χ4n) is 10.1. The van der Waals surface area contributed by atoms with Crippen LogP contribution in [0.1, 0.15) is 12.8 Å². The second-order valence-electron chi connectivity index (χ2n) is 16.7. The van der Waals surface area contributed by atoms with Gasteiger partial charge in [-0.1, -0.05) is 188 Å². The molecule has 0 unspecified atom stereocenters. The molecule has 0 saturated heterocycles. The van der Waals surface area contributed by atoms with Crippen LogP contribution >= 0.6 is 0 Å². The van der Waals surface area contributed by atoms with Crippen molar-refractivity contribution in [1.82, 2.24) is 0 Å². The molecule has 0 N–H and O–H groups in total. The summed E-state index contributed by atoms with van der Waals surface area (Å²) in [5, 5.41) is 12.6. The molecule has 0 heterocycles. The molecule has 0 bridgehead atoms. The van der Waals surface area contributed by atoms with E-state index in [1.807, 2.05) is 0 Å². The van der Waals surface area contributed by atoms with Crippen LogP contribution in [0.25, 0.3) is 98.4 Å². The van der Waals surface area contributed by atoms with Gasteiger partial charge in [-0.3, -0.25) is 0 Å². The first kappa shape index (κ1) is 36.8. The molecule has 0 fully saturated rings. The zero-order valence-corrected chi connectivity index (χ0v) is 34.9. The normalized spacial score (nSPS) is 12.7. The molecule has 0 atom stereocenters. The molecule has 0 radical (unpaired) electrons. The minimum atomic E-state index is 1.02. The number of para-hydroxylation sites is 1. The van der Waals surface area contributed by atoms with Crippen LogP contribution in [-0.2, 0) is 0 Å². The molecule has 1 nitrogen and oxygen atoms in total. The molecule has 63 heavy (non-hydrogen) atoms. The fraction of sp³-hybridized carbons (Fsp3) is 0.0323. The van der Waals surface area contributed by atoms with Gasteiger partial charge in [0, 0.05) is 17.1 Å². The van der Waals surface area contributed by atoms with Gasteiger partial charge in [0.1, 0.15) is 0 Å². The third-order valence-electron chi connectivity index (χ3n) is 13.0. The van der Waals surface area contributed by atoms with Crippen molar-refractivity contribution in [2.75, 3.05) is 4.90 Å². The molecule has 0 aromatic heterocycles. The number of hydrogen-bond acceptors (Lipinski definition) is 1. The first-order chi connectivity index (χ1) is 31.3. The van der Waals surface area contributed by atoms with E-state index < -0.39 is 0 Å². The summed E-state index contributed by atoms with van der Waals surface area (Å²) in [4.78, 5) is 2.41. The van der Waals surface area contributed by atoms with E-state index in [2.05, 4.69) is 242 Å². The Bertz CT molecular complexity index is 3590. The first-order valence-electron chi connectivity index (χ1n) is 22.1. The topological polar surface area (TPSA) is 3.24 Å². The van der Waals surface area contributed by atoms with E-state index in [9.17, 15) is 0 Å². The van der Waals surface area contributed by atoms with Crippen LogP contribution in [0.15, 0.2) is 242 Å². The number of fused-ring (bicyclic) bond motifs is 9. The lowest BCUT2D eigenvalue weighted by Gasteiger charge is -2.29. The average Bonchev–Trinajstić information content (AvgIpc) is 3.37. The van der Waals surface area contributed by atoms with Crippen molar-refractivity contribution in [3.05, 3.63) is 242 Å². The Morgan fingerprint density at radius 2 is 0.889 bits per heavy atom. The highest BCUT2D eigenvalue weighted by Gasteiger charge is 2.22. The SMILES string of the molecule is C1=CCCC(N(c2ccccc2)c2ccc3c(ccc4cc(-c5ccc6c(c5)c5ccccc5c5c(-c7ccccc7)cc(-c7ccccc7)c(-c7ccccc7)c65)ccc43)c2)=C1. The summed E-state index contributed by atoms with van der Waals surface area (Å²) in [7, 11) is 0. The molecule has 11 aromatic rings. The lowest BCUT2D eigenvalue weighted by atomic mass is 9.81. The minimum absolute atomic E-state index is 1.02. The molecule has 0 spiro atoms. The van der Waals surface area contributed by atoms with Crippen molar-refractivity contribution < 1.29 is 0 Å². The van der Waals surface area contributed by atoms with E-state index >= 15 is 0 Å². The summed E-state index contributed by atoms with van der Waals surface area (Å²) in [6.45, 7) is 0. The lowest BCUT2D eigenvalue weighted by Crippen LogP contribution is -2.17. The van der Waals surface area contributed by atoms with Gasteiger partial charge in [-0.25, -0.2) is 0 Å². The maximum Gasteiger partial charge on any atom is 0.0464 e. The number of hydrogen-bond donors (Lipinski definition) is 0. The molecule has 296 valence electrons. The second kappa shape index (κ2) is 15.5. The van der Waals surface area contributed by atoms with Crippen molar-refractivity contribution in [2.24, 2.45) is 0 Å². The van der Waals surface area contributed by atoms with Crippen LogP contribution in [0.4, 0.5) is 11.4 Å². The Balaban J connectivity index is 1.05. The third-order valence-corrected chi connectivity index (χ3v) is 13.0. The van der Waals surface area contributed by atoms with Crippen molar-refractivity contribution in [2.45, 2.75) is 12.8 Å². The van der Waals surface area contributed by atoms with E-state index in [1.54, 1.807) is 0 Å². The molecule has 1 aliphatic carbocycles. The zero-order valence-electron chi connectivity index (χ0n) is 34.9. The highest BCUT2D eigenvalue weighted by Crippen LogP contribution is 2.49. The van der Waals surface area contributed by atoms with Gasteiger partial charge >= 0.3 is 0 Å². The molecule has 1 aliphatic rings. The van der Waals surface area contributed by atoms with Gasteiger partial charge in [0.15, 0.2) is 0 Å². The number of allylic oxidation sites excluding steroid dienone is 4. The second-order valence-corrected chi connectivity index (χ2v) is 16.7. The number of anilines is 2.